The Morgan fingerprint density at radius 2 is 1.90 bits per heavy atom. The number of aromatic nitrogens is 2. The highest BCUT2D eigenvalue weighted by Gasteiger charge is 2.21. The summed E-state index contributed by atoms with van der Waals surface area (Å²) in [6.07, 6.45) is -0.641. The molecule has 1 heterocycles. The molecule has 0 N–H and O–H groups in total. The smallest absolute Gasteiger partial charge is 0.283 e. The Kier molecular flexibility index (Phi) is 5.30. The second-order valence-corrected chi connectivity index (χ2v) is 4.40. The molecule has 0 spiro atoms. The maximum Gasteiger partial charge on any atom is 0.283 e. The standard InChI is InChI=1S/C15H20N2O4/c1-5-19-15(20-6-2)14-16-13(17-21-14)11-8-7-10(3)9-12(11)18-4/h7-9,15H,5-6H2,1-4H3. The highest BCUT2D eigenvalue weighted by atomic mass is 16.7. The van der Waals surface area contributed by atoms with Gasteiger partial charge in [-0.15, -0.1) is 0 Å². The van der Waals surface area contributed by atoms with Crippen molar-refractivity contribution >= 4 is 0 Å². The number of hydrogen-bond donors (Lipinski definition) is 0. The number of ether oxygens (including phenoxy) is 3. The van der Waals surface area contributed by atoms with E-state index in [2.05, 4.69) is 10.1 Å². The maximum atomic E-state index is 5.44. The number of hydrogen-bond acceptors (Lipinski definition) is 6. The summed E-state index contributed by atoms with van der Waals surface area (Å²) in [5.41, 5.74) is 1.87. The van der Waals surface area contributed by atoms with Crippen molar-refractivity contribution in [1.29, 1.82) is 0 Å². The predicted octanol–water partition coefficient (Wildman–Crippen LogP) is 3.13. The van der Waals surface area contributed by atoms with Gasteiger partial charge in [-0.05, 0) is 38.5 Å². The van der Waals surface area contributed by atoms with Gasteiger partial charge in [-0.1, -0.05) is 11.2 Å². The van der Waals surface area contributed by atoms with E-state index >= 15 is 0 Å². The van der Waals surface area contributed by atoms with E-state index in [9.17, 15) is 0 Å². The third-order valence-electron chi connectivity index (χ3n) is 2.88. The van der Waals surface area contributed by atoms with Crippen LogP contribution in [0, 0.1) is 6.92 Å². The summed E-state index contributed by atoms with van der Waals surface area (Å²) >= 11 is 0. The van der Waals surface area contributed by atoms with Gasteiger partial charge in [-0.3, -0.25) is 0 Å². The molecule has 0 bridgehead atoms. The topological polar surface area (TPSA) is 66.6 Å². The summed E-state index contributed by atoms with van der Waals surface area (Å²) in [6.45, 7) is 6.75. The molecule has 6 heteroatoms. The second-order valence-electron chi connectivity index (χ2n) is 4.40. The van der Waals surface area contributed by atoms with Crippen LogP contribution in [0.1, 0.15) is 31.6 Å². The minimum atomic E-state index is -0.641. The van der Waals surface area contributed by atoms with Crippen molar-refractivity contribution in [3.05, 3.63) is 29.7 Å². The van der Waals surface area contributed by atoms with Gasteiger partial charge in [0, 0.05) is 13.2 Å². The lowest BCUT2D eigenvalue weighted by Gasteiger charge is -2.11. The van der Waals surface area contributed by atoms with Crippen LogP contribution in [-0.4, -0.2) is 30.5 Å². The zero-order valence-corrected chi connectivity index (χ0v) is 12.8. The van der Waals surface area contributed by atoms with Crippen molar-refractivity contribution in [2.24, 2.45) is 0 Å². The van der Waals surface area contributed by atoms with Gasteiger partial charge in [-0.25, -0.2) is 0 Å². The molecule has 114 valence electrons. The van der Waals surface area contributed by atoms with Gasteiger partial charge >= 0.3 is 0 Å². The van der Waals surface area contributed by atoms with Crippen molar-refractivity contribution < 1.29 is 18.7 Å². The molecule has 0 aliphatic carbocycles. The number of aryl methyl sites for hydroxylation is 1. The molecular formula is C15H20N2O4. The lowest BCUT2D eigenvalue weighted by atomic mass is 10.1. The molecule has 6 nitrogen and oxygen atoms in total. The van der Waals surface area contributed by atoms with Crippen LogP contribution in [0.4, 0.5) is 0 Å². The van der Waals surface area contributed by atoms with E-state index in [0.717, 1.165) is 11.1 Å². The number of benzene rings is 1. The minimum Gasteiger partial charge on any atom is -0.496 e. The van der Waals surface area contributed by atoms with Crippen LogP contribution in [0.5, 0.6) is 5.75 Å². The molecule has 1 aromatic carbocycles. The molecular weight excluding hydrogens is 272 g/mol. The maximum absolute atomic E-state index is 5.44. The first-order valence-electron chi connectivity index (χ1n) is 6.91. The summed E-state index contributed by atoms with van der Waals surface area (Å²) in [7, 11) is 1.61. The fourth-order valence-electron chi connectivity index (χ4n) is 1.92. The number of rotatable bonds is 7. The van der Waals surface area contributed by atoms with Gasteiger partial charge < -0.3 is 18.7 Å². The van der Waals surface area contributed by atoms with Gasteiger partial charge in [-0.2, -0.15) is 4.98 Å². The molecule has 21 heavy (non-hydrogen) atoms. The van der Waals surface area contributed by atoms with E-state index in [1.165, 1.54) is 0 Å². The first kappa shape index (κ1) is 15.5. The van der Waals surface area contributed by atoms with Crippen LogP contribution in [0.15, 0.2) is 22.7 Å². The quantitative estimate of drug-likeness (QED) is 0.730. The van der Waals surface area contributed by atoms with Crippen molar-refractivity contribution in [3.63, 3.8) is 0 Å². The number of methoxy groups -OCH3 is 1. The normalized spacial score (nSPS) is 11.1. The van der Waals surface area contributed by atoms with Crippen LogP contribution in [0.2, 0.25) is 0 Å². The molecule has 0 amide bonds. The van der Waals surface area contributed by atoms with Crippen molar-refractivity contribution in [2.45, 2.75) is 27.1 Å². The third-order valence-corrected chi connectivity index (χ3v) is 2.88. The summed E-state index contributed by atoms with van der Waals surface area (Å²) in [5.74, 6) is 1.45. The molecule has 1 aromatic heterocycles. The molecule has 2 aromatic rings. The van der Waals surface area contributed by atoms with E-state index in [1.54, 1.807) is 7.11 Å². The summed E-state index contributed by atoms with van der Waals surface area (Å²) in [6, 6.07) is 5.80. The first-order chi connectivity index (χ1) is 10.2. The second kappa shape index (κ2) is 7.19. The van der Waals surface area contributed by atoms with Crippen molar-refractivity contribution in [3.8, 4) is 17.1 Å². The van der Waals surface area contributed by atoms with Gasteiger partial charge in [0.15, 0.2) is 0 Å². The summed E-state index contributed by atoms with van der Waals surface area (Å²) < 4.78 is 21.5. The Bertz CT molecular complexity index is 577. The third kappa shape index (κ3) is 3.59. The fourth-order valence-corrected chi connectivity index (χ4v) is 1.92. The summed E-state index contributed by atoms with van der Waals surface area (Å²) in [5, 5.41) is 3.98. The molecule has 0 aliphatic heterocycles. The Labute approximate surface area is 124 Å². The van der Waals surface area contributed by atoms with Crippen LogP contribution >= 0.6 is 0 Å². The van der Waals surface area contributed by atoms with Crippen molar-refractivity contribution in [2.75, 3.05) is 20.3 Å². The molecule has 0 atom stereocenters. The highest BCUT2D eigenvalue weighted by Crippen LogP contribution is 2.30. The van der Waals surface area contributed by atoms with Crippen LogP contribution in [-0.2, 0) is 9.47 Å². The average Bonchev–Trinajstić information content (AvgIpc) is 2.96. The largest absolute Gasteiger partial charge is 0.496 e. The lowest BCUT2D eigenvalue weighted by molar-refractivity contribution is -0.155. The Hall–Kier alpha value is -1.92. The van der Waals surface area contributed by atoms with Crippen LogP contribution < -0.4 is 4.74 Å². The van der Waals surface area contributed by atoms with E-state index in [1.807, 2.05) is 39.0 Å². The SMILES string of the molecule is CCOC(OCC)c1nc(-c2ccc(C)cc2OC)no1. The molecule has 0 aliphatic rings. The van der Waals surface area contributed by atoms with Crippen molar-refractivity contribution in [1.82, 2.24) is 10.1 Å². The Morgan fingerprint density at radius 3 is 2.52 bits per heavy atom. The first-order valence-corrected chi connectivity index (χ1v) is 6.91. The predicted molar refractivity (Wildman–Crippen MR) is 77.0 cm³/mol. The molecule has 0 radical (unpaired) electrons. The van der Waals surface area contributed by atoms with Gasteiger partial charge in [0.25, 0.3) is 5.89 Å². The van der Waals surface area contributed by atoms with E-state index in [0.29, 0.717) is 30.7 Å². The minimum absolute atomic E-state index is 0.302. The molecule has 0 fully saturated rings. The number of nitrogens with zero attached hydrogens (tertiary/aromatic N) is 2. The van der Waals surface area contributed by atoms with Crippen LogP contribution in [0.3, 0.4) is 0 Å². The van der Waals surface area contributed by atoms with E-state index in [-0.39, 0.29) is 0 Å². The zero-order valence-electron chi connectivity index (χ0n) is 12.8. The molecule has 0 saturated carbocycles. The molecule has 0 saturated heterocycles. The summed E-state index contributed by atoms with van der Waals surface area (Å²) in [4.78, 5) is 4.35. The molecule has 2 rings (SSSR count). The van der Waals surface area contributed by atoms with E-state index in [4.69, 9.17) is 18.7 Å². The monoisotopic (exact) mass is 292 g/mol. The zero-order chi connectivity index (χ0) is 15.2. The molecule has 0 unspecified atom stereocenters. The lowest BCUT2D eigenvalue weighted by Crippen LogP contribution is -2.09. The Balaban J connectivity index is 2.30. The average molecular weight is 292 g/mol. The Morgan fingerprint density at radius 1 is 1.19 bits per heavy atom. The van der Waals surface area contributed by atoms with Crippen LogP contribution in [0.25, 0.3) is 11.4 Å². The van der Waals surface area contributed by atoms with Gasteiger partial charge in [0.2, 0.25) is 12.1 Å². The van der Waals surface area contributed by atoms with E-state index < -0.39 is 6.29 Å². The highest BCUT2D eigenvalue weighted by molar-refractivity contribution is 5.64. The van der Waals surface area contributed by atoms with Gasteiger partial charge in [0.05, 0.1) is 12.7 Å². The van der Waals surface area contributed by atoms with Gasteiger partial charge in [0.1, 0.15) is 5.75 Å². The fraction of sp³-hybridized carbons (Fsp3) is 0.467.